The van der Waals surface area contributed by atoms with Crippen LogP contribution in [0.4, 0.5) is 11.4 Å². The molecule has 2 aromatic carbocycles. The number of benzene rings is 2. The predicted molar refractivity (Wildman–Crippen MR) is 95.1 cm³/mol. The van der Waals surface area contributed by atoms with Crippen LogP contribution in [-0.4, -0.2) is 21.0 Å². The van der Waals surface area contributed by atoms with Crippen LogP contribution < -0.4 is 5.32 Å². The van der Waals surface area contributed by atoms with E-state index in [4.69, 9.17) is 23.2 Å². The second-order valence-electron chi connectivity index (χ2n) is 5.02. The zero-order valence-electron chi connectivity index (χ0n) is 12.5. The van der Waals surface area contributed by atoms with E-state index in [-0.39, 0.29) is 17.1 Å². The Kier molecular flexibility index (Phi) is 4.69. The Morgan fingerprint density at radius 1 is 1.12 bits per heavy atom. The molecule has 1 aromatic heterocycles. The summed E-state index contributed by atoms with van der Waals surface area (Å²) in [6.07, 6.45) is 0. The van der Waals surface area contributed by atoms with E-state index in [1.807, 2.05) is 0 Å². The molecule has 7 nitrogen and oxygen atoms in total. The lowest BCUT2D eigenvalue weighted by Crippen LogP contribution is -2.13. The van der Waals surface area contributed by atoms with Crippen molar-refractivity contribution in [2.45, 2.75) is 0 Å². The van der Waals surface area contributed by atoms with Crippen LogP contribution in [0.1, 0.15) is 10.5 Å². The van der Waals surface area contributed by atoms with E-state index in [2.05, 4.69) is 15.5 Å². The maximum absolute atomic E-state index is 12.3. The minimum absolute atomic E-state index is 0.100. The van der Waals surface area contributed by atoms with Gasteiger partial charge >= 0.3 is 0 Å². The van der Waals surface area contributed by atoms with Gasteiger partial charge in [-0.2, -0.15) is 5.10 Å². The Bertz CT molecular complexity index is 972. The van der Waals surface area contributed by atoms with Crippen LogP contribution in [0.3, 0.4) is 0 Å². The van der Waals surface area contributed by atoms with E-state index in [1.165, 1.54) is 24.3 Å². The molecule has 2 N–H and O–H groups in total. The molecule has 1 amide bonds. The number of aromatic amines is 1. The molecule has 0 bridgehead atoms. The molecule has 0 unspecified atom stereocenters. The second-order valence-corrected chi connectivity index (χ2v) is 5.84. The molecular formula is C16H10Cl2N4O3. The molecule has 0 saturated carbocycles. The van der Waals surface area contributed by atoms with Crippen molar-refractivity contribution in [3.8, 4) is 11.3 Å². The van der Waals surface area contributed by atoms with Crippen LogP contribution in [0.5, 0.6) is 0 Å². The minimum atomic E-state index is -0.566. The van der Waals surface area contributed by atoms with Crippen LogP contribution >= 0.6 is 23.2 Å². The number of para-hydroxylation sites is 2. The van der Waals surface area contributed by atoms with Crippen molar-refractivity contribution in [1.29, 1.82) is 0 Å². The molecule has 25 heavy (non-hydrogen) atoms. The quantitative estimate of drug-likeness (QED) is 0.515. The zero-order valence-corrected chi connectivity index (χ0v) is 14.0. The topological polar surface area (TPSA) is 101 Å². The second kappa shape index (κ2) is 6.92. The molecule has 0 saturated heterocycles. The lowest BCUT2D eigenvalue weighted by atomic mass is 10.1. The summed E-state index contributed by atoms with van der Waals surface area (Å²) in [6, 6.07) is 12.4. The SMILES string of the molecule is O=C(Nc1ccccc1[N+](=O)[O-])c1cc(-c2ccc(Cl)c(Cl)c2)n[nH]1. The van der Waals surface area contributed by atoms with E-state index in [0.717, 1.165) is 0 Å². The van der Waals surface area contributed by atoms with Crippen molar-refractivity contribution in [2.75, 3.05) is 5.32 Å². The molecule has 9 heteroatoms. The van der Waals surface area contributed by atoms with Gasteiger partial charge in [0.1, 0.15) is 11.4 Å². The third-order valence-corrected chi connectivity index (χ3v) is 4.13. The fraction of sp³-hybridized carbons (Fsp3) is 0. The molecule has 0 fully saturated rings. The van der Waals surface area contributed by atoms with Crippen LogP contribution in [-0.2, 0) is 0 Å². The van der Waals surface area contributed by atoms with E-state index >= 15 is 0 Å². The monoisotopic (exact) mass is 376 g/mol. The van der Waals surface area contributed by atoms with Crippen LogP contribution in [0.15, 0.2) is 48.5 Å². The zero-order chi connectivity index (χ0) is 18.0. The maximum Gasteiger partial charge on any atom is 0.292 e. The van der Waals surface area contributed by atoms with Gasteiger partial charge in [0.15, 0.2) is 0 Å². The van der Waals surface area contributed by atoms with Gasteiger partial charge in [-0.25, -0.2) is 0 Å². The average Bonchev–Trinajstić information content (AvgIpc) is 3.08. The van der Waals surface area contributed by atoms with Crippen LogP contribution in [0, 0.1) is 10.1 Å². The molecule has 0 aliphatic rings. The molecule has 3 aromatic rings. The fourth-order valence-electron chi connectivity index (χ4n) is 2.17. The Morgan fingerprint density at radius 2 is 1.88 bits per heavy atom. The first kappa shape index (κ1) is 16.9. The van der Waals surface area contributed by atoms with E-state index in [1.54, 1.807) is 24.3 Å². The Balaban J connectivity index is 1.84. The standard InChI is InChI=1S/C16H10Cl2N4O3/c17-10-6-5-9(7-11(10)18)13-8-14(21-20-13)16(23)19-12-3-1-2-4-15(12)22(24)25/h1-8H,(H,19,23)(H,20,21). The Labute approximate surface area is 151 Å². The molecule has 126 valence electrons. The van der Waals surface area contributed by atoms with Gasteiger partial charge in [-0.3, -0.25) is 20.0 Å². The number of hydrogen-bond acceptors (Lipinski definition) is 4. The number of carbonyl (C=O) groups excluding carboxylic acids is 1. The summed E-state index contributed by atoms with van der Waals surface area (Å²) >= 11 is 11.8. The van der Waals surface area contributed by atoms with Gasteiger partial charge in [0, 0.05) is 11.6 Å². The molecule has 3 rings (SSSR count). The van der Waals surface area contributed by atoms with Crippen molar-refractivity contribution < 1.29 is 9.72 Å². The minimum Gasteiger partial charge on any atom is -0.315 e. The summed E-state index contributed by atoms with van der Waals surface area (Å²) in [4.78, 5) is 22.7. The number of H-pyrrole nitrogens is 1. The summed E-state index contributed by atoms with van der Waals surface area (Å²) in [6.45, 7) is 0. The van der Waals surface area contributed by atoms with Crippen LogP contribution in [0.25, 0.3) is 11.3 Å². The highest BCUT2D eigenvalue weighted by atomic mass is 35.5. The summed E-state index contributed by atoms with van der Waals surface area (Å²) in [5, 5.41) is 20.9. The number of nitrogens with one attached hydrogen (secondary N) is 2. The molecular weight excluding hydrogens is 367 g/mol. The van der Waals surface area contributed by atoms with Gasteiger partial charge in [-0.05, 0) is 24.3 Å². The number of nitrogens with zero attached hydrogens (tertiary/aromatic N) is 2. The fourth-order valence-corrected chi connectivity index (χ4v) is 2.47. The average molecular weight is 377 g/mol. The summed E-state index contributed by atoms with van der Waals surface area (Å²) in [5.41, 5.74) is 1.23. The van der Waals surface area contributed by atoms with Crippen LogP contribution in [0.2, 0.25) is 10.0 Å². The highest BCUT2D eigenvalue weighted by Crippen LogP contribution is 2.28. The number of rotatable bonds is 4. The number of hydrogen-bond donors (Lipinski definition) is 2. The first-order valence-corrected chi connectivity index (χ1v) is 7.77. The van der Waals surface area contributed by atoms with E-state index in [9.17, 15) is 14.9 Å². The van der Waals surface area contributed by atoms with Crippen molar-refractivity contribution in [1.82, 2.24) is 10.2 Å². The summed E-state index contributed by atoms with van der Waals surface area (Å²) in [5.74, 6) is -0.548. The highest BCUT2D eigenvalue weighted by Gasteiger charge is 2.17. The number of amides is 1. The number of nitro groups is 1. The smallest absolute Gasteiger partial charge is 0.292 e. The first-order valence-electron chi connectivity index (χ1n) is 7.01. The number of nitro benzene ring substituents is 1. The third kappa shape index (κ3) is 3.62. The predicted octanol–water partition coefficient (Wildman–Crippen LogP) is 4.54. The molecule has 1 heterocycles. The molecule has 0 aliphatic heterocycles. The number of carbonyl (C=O) groups is 1. The largest absolute Gasteiger partial charge is 0.315 e. The maximum atomic E-state index is 12.3. The van der Waals surface area contributed by atoms with Gasteiger partial charge < -0.3 is 5.32 Å². The van der Waals surface area contributed by atoms with Crippen molar-refractivity contribution >= 4 is 40.5 Å². The van der Waals surface area contributed by atoms with Gasteiger partial charge in [-0.15, -0.1) is 0 Å². The van der Waals surface area contributed by atoms with Crippen molar-refractivity contribution in [2.24, 2.45) is 0 Å². The number of halogens is 2. The molecule has 0 aliphatic carbocycles. The van der Waals surface area contributed by atoms with Gasteiger partial charge in [0.05, 0.1) is 20.7 Å². The Morgan fingerprint density at radius 3 is 2.60 bits per heavy atom. The van der Waals surface area contributed by atoms with Crippen molar-refractivity contribution in [3.05, 3.63) is 74.4 Å². The molecule has 0 radical (unpaired) electrons. The lowest BCUT2D eigenvalue weighted by Gasteiger charge is -2.03. The number of aromatic nitrogens is 2. The molecule has 0 spiro atoms. The normalized spacial score (nSPS) is 10.5. The number of anilines is 1. The highest BCUT2D eigenvalue weighted by molar-refractivity contribution is 6.42. The summed E-state index contributed by atoms with van der Waals surface area (Å²) < 4.78 is 0. The molecule has 0 atom stereocenters. The van der Waals surface area contributed by atoms with Gasteiger partial charge in [-0.1, -0.05) is 41.4 Å². The van der Waals surface area contributed by atoms with Gasteiger partial charge in [0.25, 0.3) is 11.6 Å². The van der Waals surface area contributed by atoms with Crippen molar-refractivity contribution in [3.63, 3.8) is 0 Å². The van der Waals surface area contributed by atoms with E-state index in [0.29, 0.717) is 21.3 Å². The van der Waals surface area contributed by atoms with E-state index < -0.39 is 10.8 Å². The summed E-state index contributed by atoms with van der Waals surface area (Å²) in [7, 11) is 0. The third-order valence-electron chi connectivity index (χ3n) is 3.39. The lowest BCUT2D eigenvalue weighted by molar-refractivity contribution is -0.383. The van der Waals surface area contributed by atoms with Gasteiger partial charge in [0.2, 0.25) is 0 Å². The Hall–Kier alpha value is -2.90. The first-order chi connectivity index (χ1) is 12.0.